The van der Waals surface area contributed by atoms with Gasteiger partial charge >= 0.3 is 0 Å². The van der Waals surface area contributed by atoms with Gasteiger partial charge in [0.1, 0.15) is 35.0 Å². The molecule has 1 aliphatic heterocycles. The fraction of sp³-hybridized carbons (Fsp3) is 0.300. The highest BCUT2D eigenvalue weighted by Gasteiger charge is 2.30. The van der Waals surface area contributed by atoms with E-state index in [0.29, 0.717) is 52.9 Å². The van der Waals surface area contributed by atoms with E-state index in [2.05, 4.69) is 11.1 Å². The number of halogens is 1. The van der Waals surface area contributed by atoms with Gasteiger partial charge in [0, 0.05) is 36.2 Å². The summed E-state index contributed by atoms with van der Waals surface area (Å²) in [5.41, 5.74) is 4.93. The molecular formula is C30H25FN2O4. The van der Waals surface area contributed by atoms with E-state index >= 15 is 0 Å². The first-order valence-corrected chi connectivity index (χ1v) is 12.5. The normalized spacial score (nSPS) is 16.0. The van der Waals surface area contributed by atoms with Gasteiger partial charge in [0.2, 0.25) is 0 Å². The number of nitriles is 1. The number of aromatic nitrogens is 1. The molecule has 6 rings (SSSR count). The summed E-state index contributed by atoms with van der Waals surface area (Å²) in [7, 11) is 0. The molecule has 2 aromatic heterocycles. The average Bonchev–Trinajstić information content (AvgIpc) is 3.67. The number of hydrogen-bond acceptors (Lipinski definition) is 6. The minimum Gasteiger partial charge on any atom is -0.489 e. The number of benzene rings is 2. The molecule has 6 nitrogen and oxygen atoms in total. The van der Waals surface area contributed by atoms with E-state index in [9.17, 15) is 14.4 Å². The molecule has 186 valence electrons. The Morgan fingerprint density at radius 1 is 1.11 bits per heavy atom. The number of hydrogen-bond donors (Lipinski definition) is 0. The van der Waals surface area contributed by atoms with Crippen LogP contribution < -0.4 is 4.74 Å². The van der Waals surface area contributed by atoms with Crippen LogP contribution in [0.15, 0.2) is 53.1 Å². The topological polar surface area (TPSA) is 85.4 Å². The summed E-state index contributed by atoms with van der Waals surface area (Å²) in [5, 5.41) is 9.91. The van der Waals surface area contributed by atoms with Crippen LogP contribution in [-0.2, 0) is 4.74 Å². The average molecular weight is 497 g/mol. The molecule has 37 heavy (non-hydrogen) atoms. The summed E-state index contributed by atoms with van der Waals surface area (Å²) in [6.45, 7) is 2.72. The lowest BCUT2D eigenvalue weighted by Crippen LogP contribution is -2.26. The van der Waals surface area contributed by atoms with Crippen molar-refractivity contribution in [2.45, 2.75) is 44.6 Å². The van der Waals surface area contributed by atoms with Gasteiger partial charge in [-0.15, -0.1) is 0 Å². The highest BCUT2D eigenvalue weighted by molar-refractivity contribution is 5.96. The zero-order valence-electron chi connectivity index (χ0n) is 20.4. The Hall–Kier alpha value is -4.02. The Balaban J connectivity index is 1.44. The first kappa shape index (κ1) is 23.4. The molecule has 1 aliphatic carbocycles. The van der Waals surface area contributed by atoms with Crippen LogP contribution in [0.1, 0.15) is 60.0 Å². The van der Waals surface area contributed by atoms with Crippen LogP contribution in [0.5, 0.6) is 5.75 Å². The van der Waals surface area contributed by atoms with Crippen LogP contribution in [0.25, 0.3) is 33.6 Å². The minimum atomic E-state index is -0.530. The van der Waals surface area contributed by atoms with Gasteiger partial charge in [-0.3, -0.25) is 9.78 Å². The van der Waals surface area contributed by atoms with Crippen molar-refractivity contribution in [1.82, 2.24) is 4.98 Å². The number of fused-ring (bicyclic) bond motifs is 1. The number of furan rings is 1. The quantitative estimate of drug-likeness (QED) is 0.273. The maximum atomic E-state index is 14.9. The van der Waals surface area contributed by atoms with E-state index < -0.39 is 5.82 Å². The molecule has 0 spiro atoms. The molecule has 2 fully saturated rings. The van der Waals surface area contributed by atoms with Gasteiger partial charge in [-0.05, 0) is 61.1 Å². The Kier molecular flexibility index (Phi) is 5.97. The number of ether oxygens (including phenoxy) is 2. The van der Waals surface area contributed by atoms with Crippen LogP contribution in [0.2, 0.25) is 0 Å². The Bertz CT molecular complexity index is 1560. The smallest absolute Gasteiger partial charge is 0.161 e. The zero-order chi connectivity index (χ0) is 25.5. The van der Waals surface area contributed by atoms with Gasteiger partial charge in [0.05, 0.1) is 24.3 Å². The molecule has 0 atom stereocenters. The van der Waals surface area contributed by atoms with Gasteiger partial charge in [0.15, 0.2) is 11.4 Å². The molecule has 0 radical (unpaired) electrons. The van der Waals surface area contributed by atoms with Gasteiger partial charge in [0.25, 0.3) is 0 Å². The summed E-state index contributed by atoms with van der Waals surface area (Å²) in [4.78, 5) is 16.3. The molecule has 0 N–H and O–H groups in total. The molecule has 7 heteroatoms. The molecule has 1 saturated heterocycles. The highest BCUT2D eigenvalue weighted by atomic mass is 19.1. The van der Waals surface area contributed by atoms with E-state index in [4.69, 9.17) is 13.9 Å². The molecule has 1 saturated carbocycles. The lowest BCUT2D eigenvalue weighted by molar-refractivity contribution is 0.0254. The summed E-state index contributed by atoms with van der Waals surface area (Å²) in [6.07, 6.45) is 5.60. The standard InChI is InChI=1S/C30H25FN2O4/c1-17(34)19-4-6-23(25(31)13-19)28-14-26-30(37-28)29(24(16-33-26)18-2-3-18)20-5-7-27(21(12-20)15-32)36-22-8-10-35-11-9-22/h4-7,12-14,16,18,22H,2-3,8-11H2,1H3. The monoisotopic (exact) mass is 496 g/mol. The van der Waals surface area contributed by atoms with E-state index in [-0.39, 0.29) is 17.5 Å². The van der Waals surface area contributed by atoms with Crippen molar-refractivity contribution >= 4 is 16.9 Å². The zero-order valence-corrected chi connectivity index (χ0v) is 20.4. The lowest BCUT2D eigenvalue weighted by atomic mass is 9.96. The van der Waals surface area contributed by atoms with Crippen molar-refractivity contribution in [2.75, 3.05) is 13.2 Å². The third-order valence-corrected chi connectivity index (χ3v) is 7.08. The summed E-state index contributed by atoms with van der Waals surface area (Å²) in [5.74, 6) is 0.534. The second kappa shape index (κ2) is 9.45. The fourth-order valence-corrected chi connectivity index (χ4v) is 4.91. The number of Topliss-reactive ketones (excluding diaryl/α,β-unsaturated/α-hetero) is 1. The van der Waals surface area contributed by atoms with Gasteiger partial charge in [-0.25, -0.2) is 4.39 Å². The summed E-state index contributed by atoms with van der Waals surface area (Å²) >= 11 is 0. The maximum absolute atomic E-state index is 14.9. The van der Waals surface area contributed by atoms with Crippen LogP contribution >= 0.6 is 0 Å². The Labute approximate surface area is 213 Å². The first-order chi connectivity index (χ1) is 18.0. The van der Waals surface area contributed by atoms with Crippen molar-refractivity contribution in [3.8, 4) is 34.3 Å². The number of carbonyl (C=O) groups excluding carboxylic acids is 1. The summed E-state index contributed by atoms with van der Waals surface area (Å²) < 4.78 is 32.7. The van der Waals surface area contributed by atoms with Gasteiger partial charge in [-0.1, -0.05) is 12.1 Å². The molecule has 3 heterocycles. The molecule has 0 amide bonds. The molecule has 0 bridgehead atoms. The number of nitrogens with zero attached hydrogens (tertiary/aromatic N) is 2. The third-order valence-electron chi connectivity index (χ3n) is 7.08. The largest absolute Gasteiger partial charge is 0.489 e. The maximum Gasteiger partial charge on any atom is 0.161 e. The first-order valence-electron chi connectivity index (χ1n) is 12.5. The second-order valence-electron chi connectivity index (χ2n) is 9.69. The highest BCUT2D eigenvalue weighted by Crippen LogP contribution is 2.47. The number of rotatable bonds is 6. The van der Waals surface area contributed by atoms with Crippen molar-refractivity contribution in [3.63, 3.8) is 0 Å². The summed E-state index contributed by atoms with van der Waals surface area (Å²) in [6, 6.07) is 14.0. The van der Waals surface area contributed by atoms with Crippen LogP contribution in [0.3, 0.4) is 0 Å². The number of ketones is 1. The second-order valence-corrected chi connectivity index (χ2v) is 9.69. The predicted molar refractivity (Wildman–Crippen MR) is 136 cm³/mol. The van der Waals surface area contributed by atoms with E-state index in [1.165, 1.54) is 13.0 Å². The molecular weight excluding hydrogens is 471 g/mol. The Morgan fingerprint density at radius 3 is 2.62 bits per heavy atom. The number of carbonyl (C=O) groups is 1. The lowest BCUT2D eigenvalue weighted by Gasteiger charge is -2.24. The third kappa shape index (κ3) is 4.49. The SMILES string of the molecule is CC(=O)c1ccc(-c2cc3ncc(C4CC4)c(-c4ccc(OC5CCOCC5)c(C#N)c4)c3o2)c(F)c1. The van der Waals surface area contributed by atoms with Crippen LogP contribution in [0, 0.1) is 17.1 Å². The van der Waals surface area contributed by atoms with E-state index in [1.54, 1.807) is 18.2 Å². The van der Waals surface area contributed by atoms with Gasteiger partial charge < -0.3 is 13.9 Å². The molecule has 2 aliphatic rings. The molecule has 2 aromatic carbocycles. The van der Waals surface area contributed by atoms with Crippen molar-refractivity contribution in [1.29, 1.82) is 5.26 Å². The van der Waals surface area contributed by atoms with Crippen LogP contribution in [0.4, 0.5) is 4.39 Å². The van der Waals surface area contributed by atoms with Crippen molar-refractivity contribution < 1.29 is 23.1 Å². The molecule has 0 unspecified atom stereocenters. The predicted octanol–water partition coefficient (Wildman–Crippen LogP) is 6.81. The van der Waals surface area contributed by atoms with Gasteiger partial charge in [-0.2, -0.15) is 5.26 Å². The van der Waals surface area contributed by atoms with Crippen molar-refractivity contribution in [2.24, 2.45) is 0 Å². The van der Waals surface area contributed by atoms with E-state index in [0.717, 1.165) is 42.4 Å². The number of pyridine rings is 1. The van der Waals surface area contributed by atoms with E-state index in [1.807, 2.05) is 24.4 Å². The fourth-order valence-electron chi connectivity index (χ4n) is 4.91. The Morgan fingerprint density at radius 2 is 1.92 bits per heavy atom. The van der Waals surface area contributed by atoms with Crippen LogP contribution in [-0.4, -0.2) is 30.1 Å². The molecule has 4 aromatic rings. The minimum absolute atomic E-state index is 0.0262. The van der Waals surface area contributed by atoms with Crippen molar-refractivity contribution in [3.05, 3.63) is 71.2 Å².